The van der Waals surface area contributed by atoms with Gasteiger partial charge in [-0.2, -0.15) is 0 Å². The highest BCUT2D eigenvalue weighted by atomic mass is 16.1. The number of H-pyrrole nitrogens is 1. The molecule has 0 amide bonds. The van der Waals surface area contributed by atoms with Gasteiger partial charge in [-0.1, -0.05) is 44.2 Å². The van der Waals surface area contributed by atoms with Crippen LogP contribution in [0.15, 0.2) is 41.2 Å². The SMILES string of the molecule is CCc1ccc(-c2ccc(CNC(C)CC)c(=O)[nH]2)cc1. The first-order valence-corrected chi connectivity index (χ1v) is 7.69. The van der Waals surface area contributed by atoms with Gasteiger partial charge in [0.05, 0.1) is 0 Å². The number of aromatic nitrogens is 1. The summed E-state index contributed by atoms with van der Waals surface area (Å²) in [4.78, 5) is 15.1. The second-order valence-electron chi connectivity index (χ2n) is 5.47. The van der Waals surface area contributed by atoms with Gasteiger partial charge in [0.1, 0.15) is 0 Å². The molecule has 112 valence electrons. The van der Waals surface area contributed by atoms with Crippen molar-refractivity contribution < 1.29 is 0 Å². The first kappa shape index (κ1) is 15.5. The Morgan fingerprint density at radius 2 is 1.81 bits per heavy atom. The van der Waals surface area contributed by atoms with Crippen LogP contribution in [0, 0.1) is 0 Å². The van der Waals surface area contributed by atoms with Crippen LogP contribution in [-0.4, -0.2) is 11.0 Å². The third-order valence-electron chi connectivity index (χ3n) is 3.92. The van der Waals surface area contributed by atoms with Crippen molar-refractivity contribution in [2.24, 2.45) is 0 Å². The lowest BCUT2D eigenvalue weighted by Gasteiger charge is -2.11. The summed E-state index contributed by atoms with van der Waals surface area (Å²) in [5.74, 6) is 0. The van der Waals surface area contributed by atoms with Crippen molar-refractivity contribution in [3.05, 3.63) is 57.9 Å². The van der Waals surface area contributed by atoms with Crippen LogP contribution in [0.25, 0.3) is 11.3 Å². The summed E-state index contributed by atoms with van der Waals surface area (Å²) in [5, 5.41) is 3.34. The third-order valence-corrected chi connectivity index (χ3v) is 3.92. The highest BCUT2D eigenvalue weighted by Crippen LogP contribution is 2.16. The van der Waals surface area contributed by atoms with Crippen LogP contribution in [-0.2, 0) is 13.0 Å². The molecule has 3 nitrogen and oxygen atoms in total. The molecule has 0 spiro atoms. The van der Waals surface area contributed by atoms with Gasteiger partial charge in [0.25, 0.3) is 5.56 Å². The lowest BCUT2D eigenvalue weighted by molar-refractivity contribution is 0.532. The molecular formula is C18H24N2O. The Balaban J connectivity index is 2.16. The monoisotopic (exact) mass is 284 g/mol. The first-order chi connectivity index (χ1) is 10.1. The Kier molecular flexibility index (Phi) is 5.34. The Morgan fingerprint density at radius 1 is 1.10 bits per heavy atom. The molecule has 0 saturated heterocycles. The minimum Gasteiger partial charge on any atom is -0.322 e. The Bertz CT molecular complexity index is 628. The van der Waals surface area contributed by atoms with Crippen LogP contribution in [0.2, 0.25) is 0 Å². The van der Waals surface area contributed by atoms with E-state index in [1.165, 1.54) is 5.56 Å². The van der Waals surface area contributed by atoms with Crippen LogP contribution in [0.4, 0.5) is 0 Å². The number of rotatable bonds is 6. The molecule has 0 aliphatic rings. The van der Waals surface area contributed by atoms with Gasteiger partial charge in [0, 0.05) is 23.8 Å². The van der Waals surface area contributed by atoms with Gasteiger partial charge in [0.2, 0.25) is 0 Å². The summed E-state index contributed by atoms with van der Waals surface area (Å²) in [6, 6.07) is 12.6. The molecule has 2 aromatic rings. The molecule has 1 atom stereocenters. The number of nitrogens with one attached hydrogen (secondary N) is 2. The zero-order valence-corrected chi connectivity index (χ0v) is 13.1. The lowest BCUT2D eigenvalue weighted by Crippen LogP contribution is -2.28. The molecule has 0 aliphatic carbocycles. The highest BCUT2D eigenvalue weighted by Gasteiger charge is 2.05. The van der Waals surface area contributed by atoms with E-state index in [1.807, 2.05) is 12.1 Å². The first-order valence-electron chi connectivity index (χ1n) is 7.69. The summed E-state index contributed by atoms with van der Waals surface area (Å²) in [6.07, 6.45) is 2.08. The fourth-order valence-electron chi connectivity index (χ4n) is 2.16. The van der Waals surface area contributed by atoms with Crippen molar-refractivity contribution in [3.63, 3.8) is 0 Å². The second kappa shape index (κ2) is 7.23. The molecule has 3 heteroatoms. The van der Waals surface area contributed by atoms with E-state index in [1.54, 1.807) is 0 Å². The molecule has 0 radical (unpaired) electrons. The normalized spacial score (nSPS) is 12.3. The third kappa shape index (κ3) is 4.05. The number of benzene rings is 1. The average Bonchev–Trinajstić information content (AvgIpc) is 2.53. The molecule has 0 aliphatic heterocycles. The van der Waals surface area contributed by atoms with Crippen LogP contribution in [0.3, 0.4) is 0 Å². The molecule has 1 aromatic carbocycles. The summed E-state index contributed by atoms with van der Waals surface area (Å²) >= 11 is 0. The van der Waals surface area contributed by atoms with Crippen LogP contribution in [0.1, 0.15) is 38.3 Å². The summed E-state index contributed by atoms with van der Waals surface area (Å²) in [5.41, 5.74) is 3.99. The van der Waals surface area contributed by atoms with E-state index in [2.05, 4.69) is 55.3 Å². The van der Waals surface area contributed by atoms with Gasteiger partial charge in [-0.25, -0.2) is 0 Å². The highest BCUT2D eigenvalue weighted by molar-refractivity contribution is 5.59. The van der Waals surface area contributed by atoms with Gasteiger partial charge in [-0.3, -0.25) is 4.79 Å². The topological polar surface area (TPSA) is 44.9 Å². The van der Waals surface area contributed by atoms with E-state index in [0.29, 0.717) is 12.6 Å². The molecule has 1 heterocycles. The molecule has 1 unspecified atom stereocenters. The van der Waals surface area contributed by atoms with E-state index < -0.39 is 0 Å². The van der Waals surface area contributed by atoms with Crippen molar-refractivity contribution in [3.8, 4) is 11.3 Å². The smallest absolute Gasteiger partial charge is 0.252 e. The zero-order chi connectivity index (χ0) is 15.2. The average molecular weight is 284 g/mol. The quantitative estimate of drug-likeness (QED) is 0.853. The number of hydrogen-bond acceptors (Lipinski definition) is 2. The molecule has 21 heavy (non-hydrogen) atoms. The largest absolute Gasteiger partial charge is 0.322 e. The van der Waals surface area contributed by atoms with E-state index in [-0.39, 0.29) is 5.56 Å². The maximum Gasteiger partial charge on any atom is 0.252 e. The van der Waals surface area contributed by atoms with Crippen LogP contribution < -0.4 is 10.9 Å². The molecule has 2 N–H and O–H groups in total. The summed E-state index contributed by atoms with van der Waals surface area (Å²) in [6.45, 7) is 7.00. The summed E-state index contributed by atoms with van der Waals surface area (Å²) in [7, 11) is 0. The predicted octanol–water partition coefficient (Wildman–Crippen LogP) is 3.49. The maximum atomic E-state index is 12.1. The molecule has 0 bridgehead atoms. The van der Waals surface area contributed by atoms with Gasteiger partial charge in [0.15, 0.2) is 0 Å². The van der Waals surface area contributed by atoms with E-state index >= 15 is 0 Å². The minimum absolute atomic E-state index is 0.0112. The Morgan fingerprint density at radius 3 is 2.38 bits per heavy atom. The fraction of sp³-hybridized carbons (Fsp3) is 0.389. The lowest BCUT2D eigenvalue weighted by atomic mass is 10.1. The number of hydrogen-bond donors (Lipinski definition) is 2. The van der Waals surface area contributed by atoms with Crippen molar-refractivity contribution in [2.45, 2.75) is 46.2 Å². The maximum absolute atomic E-state index is 12.1. The summed E-state index contributed by atoms with van der Waals surface area (Å²) < 4.78 is 0. The van der Waals surface area contributed by atoms with Crippen molar-refractivity contribution >= 4 is 0 Å². The predicted molar refractivity (Wildman–Crippen MR) is 88.5 cm³/mol. The van der Waals surface area contributed by atoms with Gasteiger partial charge >= 0.3 is 0 Å². The van der Waals surface area contributed by atoms with E-state index in [9.17, 15) is 4.79 Å². The van der Waals surface area contributed by atoms with E-state index in [4.69, 9.17) is 0 Å². The molecule has 0 saturated carbocycles. The second-order valence-corrected chi connectivity index (χ2v) is 5.47. The molecule has 1 aromatic heterocycles. The fourth-order valence-corrected chi connectivity index (χ4v) is 2.16. The molecule has 0 fully saturated rings. The molecular weight excluding hydrogens is 260 g/mol. The van der Waals surface area contributed by atoms with Gasteiger partial charge < -0.3 is 10.3 Å². The number of aromatic amines is 1. The number of pyridine rings is 1. The van der Waals surface area contributed by atoms with Gasteiger partial charge in [-0.05, 0) is 37.0 Å². The van der Waals surface area contributed by atoms with Crippen molar-refractivity contribution in [1.82, 2.24) is 10.3 Å². The standard InChI is InChI=1S/C18H24N2O/c1-4-13(3)19-12-16-10-11-17(20-18(16)21)15-8-6-14(5-2)7-9-15/h6-11,13,19H,4-5,12H2,1-3H3,(H,20,21). The Hall–Kier alpha value is -1.87. The molecule has 2 rings (SSSR count). The van der Waals surface area contributed by atoms with Crippen molar-refractivity contribution in [2.75, 3.05) is 0 Å². The number of aryl methyl sites for hydroxylation is 1. The minimum atomic E-state index is -0.0112. The van der Waals surface area contributed by atoms with Crippen LogP contribution in [0.5, 0.6) is 0 Å². The Labute approximate surface area is 126 Å². The van der Waals surface area contributed by atoms with Crippen LogP contribution >= 0.6 is 0 Å². The zero-order valence-electron chi connectivity index (χ0n) is 13.1. The van der Waals surface area contributed by atoms with Gasteiger partial charge in [-0.15, -0.1) is 0 Å². The van der Waals surface area contributed by atoms with E-state index in [0.717, 1.165) is 29.7 Å². The van der Waals surface area contributed by atoms with Crippen molar-refractivity contribution in [1.29, 1.82) is 0 Å².